The molecule has 0 spiro atoms. The second-order valence-corrected chi connectivity index (χ2v) is 5.88. The molecule has 0 aliphatic rings. The van der Waals surface area contributed by atoms with Gasteiger partial charge in [-0.15, -0.1) is 0 Å². The highest BCUT2D eigenvalue weighted by atomic mass is 16.3. The minimum Gasteiger partial charge on any atom is -0.389 e. The Kier molecular flexibility index (Phi) is 6.17. The fraction of sp³-hybridized carbons (Fsp3) is 0.562. The molecule has 0 saturated carbocycles. The Morgan fingerprint density at radius 2 is 1.85 bits per heavy atom. The van der Waals surface area contributed by atoms with Crippen molar-refractivity contribution < 1.29 is 9.90 Å². The maximum atomic E-state index is 12.3. The van der Waals surface area contributed by atoms with Crippen LogP contribution < -0.4 is 0 Å². The summed E-state index contributed by atoms with van der Waals surface area (Å²) in [4.78, 5) is 16.0. The van der Waals surface area contributed by atoms with Gasteiger partial charge in [0.25, 0.3) is 0 Å². The van der Waals surface area contributed by atoms with E-state index in [1.54, 1.807) is 13.8 Å². The second kappa shape index (κ2) is 7.41. The predicted octanol–water partition coefficient (Wildman–Crippen LogP) is 1.74. The summed E-state index contributed by atoms with van der Waals surface area (Å²) in [5.41, 5.74) is 0.346. The maximum absolute atomic E-state index is 12.3. The average Bonchev–Trinajstić information content (AvgIpc) is 2.34. The zero-order valence-electron chi connectivity index (χ0n) is 13.0. The fourth-order valence-corrected chi connectivity index (χ4v) is 2.23. The number of likely N-dealkylation sites (N-methyl/N-ethyl adjacent to an activating group) is 2. The number of carbonyl (C=O) groups excluding carboxylic acids is 1. The monoisotopic (exact) mass is 278 g/mol. The second-order valence-electron chi connectivity index (χ2n) is 5.88. The molecule has 0 aliphatic carbocycles. The summed E-state index contributed by atoms with van der Waals surface area (Å²) < 4.78 is 0. The van der Waals surface area contributed by atoms with Gasteiger partial charge in [-0.25, -0.2) is 0 Å². The summed E-state index contributed by atoms with van der Waals surface area (Å²) >= 11 is 0. The van der Waals surface area contributed by atoms with Crippen LogP contribution in [0.4, 0.5) is 0 Å². The van der Waals surface area contributed by atoms with Gasteiger partial charge in [-0.05, 0) is 33.4 Å². The van der Waals surface area contributed by atoms with Crippen LogP contribution in [0.1, 0.15) is 26.3 Å². The zero-order chi connectivity index (χ0) is 15.2. The quantitative estimate of drug-likeness (QED) is 0.826. The number of nitrogens with zero attached hydrogens (tertiary/aromatic N) is 2. The van der Waals surface area contributed by atoms with Gasteiger partial charge >= 0.3 is 0 Å². The molecule has 20 heavy (non-hydrogen) atoms. The lowest BCUT2D eigenvalue weighted by molar-refractivity contribution is -0.133. The molecule has 4 heteroatoms. The van der Waals surface area contributed by atoms with E-state index in [9.17, 15) is 9.90 Å². The molecule has 112 valence electrons. The summed E-state index contributed by atoms with van der Waals surface area (Å²) in [6, 6.07) is 9.98. The van der Waals surface area contributed by atoms with Gasteiger partial charge in [0.1, 0.15) is 0 Å². The first kappa shape index (κ1) is 16.7. The molecule has 1 N–H and O–H groups in total. The molecule has 1 aromatic carbocycles. The maximum Gasteiger partial charge on any atom is 0.237 e. The zero-order valence-corrected chi connectivity index (χ0v) is 13.0. The van der Waals surface area contributed by atoms with E-state index in [1.165, 1.54) is 0 Å². The molecule has 0 heterocycles. The van der Waals surface area contributed by atoms with E-state index in [1.807, 2.05) is 54.1 Å². The Morgan fingerprint density at radius 1 is 1.25 bits per heavy atom. The minimum absolute atomic E-state index is 0.0862. The average molecular weight is 278 g/mol. The van der Waals surface area contributed by atoms with Crippen LogP contribution in [-0.4, -0.2) is 53.1 Å². The van der Waals surface area contributed by atoms with Crippen molar-refractivity contribution in [3.05, 3.63) is 35.9 Å². The highest BCUT2D eigenvalue weighted by Crippen LogP contribution is 2.07. The number of hydrogen-bond donors (Lipinski definition) is 1. The molecular weight excluding hydrogens is 252 g/mol. The number of hydrogen-bond acceptors (Lipinski definition) is 3. The molecule has 0 fully saturated rings. The van der Waals surface area contributed by atoms with Crippen molar-refractivity contribution in [2.45, 2.75) is 32.9 Å². The topological polar surface area (TPSA) is 43.8 Å². The van der Waals surface area contributed by atoms with E-state index in [4.69, 9.17) is 0 Å². The van der Waals surface area contributed by atoms with Crippen LogP contribution in [0, 0.1) is 0 Å². The number of rotatable bonds is 7. The van der Waals surface area contributed by atoms with Crippen molar-refractivity contribution in [3.63, 3.8) is 0 Å². The van der Waals surface area contributed by atoms with Crippen LogP contribution in [0.15, 0.2) is 30.3 Å². The van der Waals surface area contributed by atoms with Gasteiger partial charge in [0.05, 0.1) is 12.1 Å². The number of carbonyl (C=O) groups is 1. The Morgan fingerprint density at radius 3 is 2.35 bits per heavy atom. The number of benzene rings is 1. The van der Waals surface area contributed by atoms with Gasteiger partial charge in [0.15, 0.2) is 0 Å². The normalized spacial score (nSPS) is 11.7. The van der Waals surface area contributed by atoms with Gasteiger partial charge < -0.3 is 10.0 Å². The molecule has 0 unspecified atom stereocenters. The largest absolute Gasteiger partial charge is 0.389 e. The van der Waals surface area contributed by atoms with E-state index in [2.05, 4.69) is 0 Å². The molecule has 0 radical (unpaired) electrons. The number of aliphatic hydroxyl groups is 1. The van der Waals surface area contributed by atoms with Crippen LogP contribution in [-0.2, 0) is 11.3 Å². The molecular formula is C16H26N2O2. The van der Waals surface area contributed by atoms with Crippen molar-refractivity contribution in [1.29, 1.82) is 0 Å². The van der Waals surface area contributed by atoms with Gasteiger partial charge in [0.2, 0.25) is 5.91 Å². The molecule has 1 amide bonds. The summed E-state index contributed by atoms with van der Waals surface area (Å²) in [5, 5.41) is 9.77. The third kappa shape index (κ3) is 6.17. The molecule has 0 atom stereocenters. The van der Waals surface area contributed by atoms with E-state index in [0.717, 1.165) is 5.56 Å². The van der Waals surface area contributed by atoms with E-state index < -0.39 is 5.60 Å². The lowest BCUT2D eigenvalue weighted by Gasteiger charge is -2.28. The predicted molar refractivity (Wildman–Crippen MR) is 81.3 cm³/mol. The van der Waals surface area contributed by atoms with E-state index in [0.29, 0.717) is 26.2 Å². The van der Waals surface area contributed by atoms with Crippen molar-refractivity contribution in [2.24, 2.45) is 0 Å². The van der Waals surface area contributed by atoms with Gasteiger partial charge in [-0.1, -0.05) is 30.3 Å². The molecule has 1 aromatic rings. The molecule has 1 rings (SSSR count). The first-order valence-electron chi connectivity index (χ1n) is 7.04. The molecule has 0 saturated heterocycles. The van der Waals surface area contributed by atoms with Crippen molar-refractivity contribution in [3.8, 4) is 0 Å². The van der Waals surface area contributed by atoms with Gasteiger partial charge in [-0.2, -0.15) is 0 Å². The molecule has 0 aliphatic heterocycles. The SMILES string of the molecule is CCN(Cc1ccccc1)C(=O)CN(C)CC(C)(C)O. The smallest absolute Gasteiger partial charge is 0.237 e. The van der Waals surface area contributed by atoms with E-state index in [-0.39, 0.29) is 5.91 Å². The Labute approximate surface area is 122 Å². The Balaban J connectivity index is 2.55. The summed E-state index contributed by atoms with van der Waals surface area (Å²) in [7, 11) is 1.85. The minimum atomic E-state index is -0.786. The highest BCUT2D eigenvalue weighted by molar-refractivity contribution is 5.78. The molecule has 0 bridgehead atoms. The van der Waals surface area contributed by atoms with Crippen molar-refractivity contribution in [2.75, 3.05) is 26.7 Å². The third-order valence-electron chi connectivity index (χ3n) is 3.01. The van der Waals surface area contributed by atoms with Crippen LogP contribution in [0.2, 0.25) is 0 Å². The van der Waals surface area contributed by atoms with Crippen molar-refractivity contribution >= 4 is 5.91 Å². The highest BCUT2D eigenvalue weighted by Gasteiger charge is 2.19. The van der Waals surface area contributed by atoms with Crippen molar-refractivity contribution in [1.82, 2.24) is 9.80 Å². The summed E-state index contributed by atoms with van der Waals surface area (Å²) in [6.45, 7) is 7.59. The first-order chi connectivity index (χ1) is 9.31. The first-order valence-corrected chi connectivity index (χ1v) is 7.04. The fourth-order valence-electron chi connectivity index (χ4n) is 2.23. The van der Waals surface area contributed by atoms with Crippen LogP contribution >= 0.6 is 0 Å². The molecule has 4 nitrogen and oxygen atoms in total. The Bertz CT molecular complexity index is 412. The standard InChI is InChI=1S/C16H26N2O2/c1-5-18(11-14-9-7-6-8-10-14)15(19)12-17(4)13-16(2,3)20/h6-10,20H,5,11-13H2,1-4H3. The lowest BCUT2D eigenvalue weighted by Crippen LogP contribution is -2.43. The summed E-state index contributed by atoms with van der Waals surface area (Å²) in [6.07, 6.45) is 0. The lowest BCUT2D eigenvalue weighted by atomic mass is 10.1. The number of amides is 1. The van der Waals surface area contributed by atoms with Gasteiger partial charge in [0, 0.05) is 19.6 Å². The Hall–Kier alpha value is -1.39. The van der Waals surface area contributed by atoms with Crippen LogP contribution in [0.5, 0.6) is 0 Å². The third-order valence-corrected chi connectivity index (χ3v) is 3.01. The summed E-state index contributed by atoms with van der Waals surface area (Å²) in [5.74, 6) is 0.0862. The van der Waals surface area contributed by atoms with Crippen LogP contribution in [0.3, 0.4) is 0 Å². The van der Waals surface area contributed by atoms with Crippen LogP contribution in [0.25, 0.3) is 0 Å². The molecule has 0 aromatic heterocycles. The van der Waals surface area contributed by atoms with E-state index >= 15 is 0 Å². The van der Waals surface area contributed by atoms with Gasteiger partial charge in [-0.3, -0.25) is 9.69 Å².